The summed E-state index contributed by atoms with van der Waals surface area (Å²) in [7, 11) is 0. The molecule has 0 bridgehead atoms. The number of aromatic amines is 1. The molecule has 2 heterocycles. The number of thioether (sulfide) groups is 1. The van der Waals surface area contributed by atoms with Gasteiger partial charge in [0.1, 0.15) is 11.5 Å². The zero-order chi connectivity index (χ0) is 18.7. The second kappa shape index (κ2) is 7.86. The van der Waals surface area contributed by atoms with Crippen molar-refractivity contribution in [3.63, 3.8) is 0 Å². The topological polar surface area (TPSA) is 58.9 Å². The van der Waals surface area contributed by atoms with Gasteiger partial charge in [-0.3, -0.25) is 4.79 Å². The van der Waals surface area contributed by atoms with Crippen molar-refractivity contribution < 1.29 is 13.2 Å². The van der Waals surface area contributed by atoms with Crippen LogP contribution in [-0.4, -0.2) is 9.97 Å². The number of nitrogens with one attached hydrogen (secondary N) is 1. The summed E-state index contributed by atoms with van der Waals surface area (Å²) in [4.78, 5) is 18.9. The lowest BCUT2D eigenvalue weighted by molar-refractivity contribution is 0.450. The fourth-order valence-electron chi connectivity index (χ4n) is 2.60. The first-order valence-corrected chi connectivity index (χ1v) is 9.13. The van der Waals surface area contributed by atoms with Gasteiger partial charge >= 0.3 is 0 Å². The average Bonchev–Trinajstić information content (AvgIpc) is 3.02. The Morgan fingerprint density at radius 2 is 2.08 bits per heavy atom. The zero-order valence-electron chi connectivity index (χ0n) is 14.4. The molecule has 1 N–H and O–H groups in total. The fraction of sp³-hybridized carbons (Fsp3) is 0.263. The summed E-state index contributed by atoms with van der Waals surface area (Å²) < 4.78 is 32.6. The molecule has 2 aromatic heterocycles. The Bertz CT molecular complexity index is 968. The number of H-pyrrole nitrogens is 1. The molecule has 0 aliphatic carbocycles. The van der Waals surface area contributed by atoms with Gasteiger partial charge in [-0.05, 0) is 31.5 Å². The molecule has 0 unspecified atom stereocenters. The van der Waals surface area contributed by atoms with Crippen molar-refractivity contribution >= 4 is 11.8 Å². The molecule has 0 radical (unpaired) electrons. The minimum atomic E-state index is -0.888. The van der Waals surface area contributed by atoms with E-state index in [1.807, 2.05) is 26.0 Å². The van der Waals surface area contributed by atoms with Gasteiger partial charge in [0.15, 0.2) is 16.8 Å². The van der Waals surface area contributed by atoms with Gasteiger partial charge in [0.2, 0.25) is 0 Å². The van der Waals surface area contributed by atoms with E-state index in [4.69, 9.17) is 4.42 Å². The minimum Gasteiger partial charge on any atom is -0.466 e. The Hall–Kier alpha value is -2.41. The number of aryl methyl sites for hydroxylation is 1. The number of hydrogen-bond acceptors (Lipinski definition) is 4. The molecule has 7 heteroatoms. The number of rotatable bonds is 6. The highest BCUT2D eigenvalue weighted by Crippen LogP contribution is 2.24. The fourth-order valence-corrected chi connectivity index (χ4v) is 3.46. The normalized spacial score (nSPS) is 12.3. The minimum absolute atomic E-state index is 0.0662. The van der Waals surface area contributed by atoms with Crippen LogP contribution < -0.4 is 5.56 Å². The molecule has 0 aliphatic heterocycles. The van der Waals surface area contributed by atoms with E-state index < -0.39 is 11.6 Å². The maximum Gasteiger partial charge on any atom is 0.251 e. The number of hydrogen-bond donors (Lipinski definition) is 1. The first-order valence-electron chi connectivity index (χ1n) is 8.14. The van der Waals surface area contributed by atoms with Crippen LogP contribution in [0.3, 0.4) is 0 Å². The van der Waals surface area contributed by atoms with Crippen molar-refractivity contribution in [3.8, 4) is 0 Å². The predicted molar refractivity (Wildman–Crippen MR) is 96.3 cm³/mol. The molecule has 0 aliphatic rings. The smallest absolute Gasteiger partial charge is 0.251 e. The quantitative estimate of drug-likeness (QED) is 0.505. The number of aromatic nitrogens is 2. The van der Waals surface area contributed by atoms with Crippen LogP contribution >= 0.6 is 11.8 Å². The van der Waals surface area contributed by atoms with Crippen LogP contribution in [0.1, 0.15) is 35.6 Å². The van der Waals surface area contributed by atoms with Crippen molar-refractivity contribution in [2.75, 3.05) is 0 Å². The van der Waals surface area contributed by atoms with E-state index in [9.17, 15) is 13.6 Å². The van der Waals surface area contributed by atoms with Gasteiger partial charge in [0.25, 0.3) is 5.56 Å². The van der Waals surface area contributed by atoms with Crippen molar-refractivity contribution in [2.24, 2.45) is 0 Å². The van der Waals surface area contributed by atoms with Crippen molar-refractivity contribution in [2.45, 2.75) is 37.1 Å². The van der Waals surface area contributed by atoms with Crippen LogP contribution in [-0.2, 0) is 12.2 Å². The van der Waals surface area contributed by atoms with E-state index >= 15 is 0 Å². The first-order chi connectivity index (χ1) is 12.4. The number of furan rings is 1. The Labute approximate surface area is 153 Å². The summed E-state index contributed by atoms with van der Waals surface area (Å²) in [5.41, 5.74) is 0.569. The molecule has 4 nitrogen and oxygen atoms in total. The third kappa shape index (κ3) is 4.40. The molecule has 0 spiro atoms. The van der Waals surface area contributed by atoms with E-state index in [2.05, 4.69) is 9.97 Å². The van der Waals surface area contributed by atoms with Crippen molar-refractivity contribution in [1.82, 2.24) is 9.97 Å². The van der Waals surface area contributed by atoms with Crippen LogP contribution in [0.2, 0.25) is 0 Å². The number of halogens is 2. The Morgan fingerprint density at radius 1 is 1.27 bits per heavy atom. The molecule has 26 heavy (non-hydrogen) atoms. The van der Waals surface area contributed by atoms with E-state index in [0.717, 1.165) is 29.3 Å². The molecule has 0 amide bonds. The SMILES string of the molecule is Cc1ccc([C@@H](C)Cc2cc(=O)[nH]c(SCc3cccc(F)c3F)n2)o1. The lowest BCUT2D eigenvalue weighted by Gasteiger charge is -2.09. The summed E-state index contributed by atoms with van der Waals surface area (Å²) in [5.74, 6) is 0.139. The second-order valence-electron chi connectivity index (χ2n) is 6.10. The van der Waals surface area contributed by atoms with Gasteiger partial charge in [0, 0.05) is 29.0 Å². The highest BCUT2D eigenvalue weighted by Gasteiger charge is 2.14. The van der Waals surface area contributed by atoms with E-state index in [1.165, 1.54) is 18.2 Å². The summed E-state index contributed by atoms with van der Waals surface area (Å²) >= 11 is 1.15. The third-order valence-electron chi connectivity index (χ3n) is 3.93. The summed E-state index contributed by atoms with van der Waals surface area (Å²) in [6.45, 7) is 3.87. The van der Waals surface area contributed by atoms with Crippen LogP contribution in [0, 0.1) is 18.6 Å². The van der Waals surface area contributed by atoms with Crippen LogP contribution in [0.15, 0.2) is 50.8 Å². The molecule has 0 saturated heterocycles. The Balaban J connectivity index is 1.73. The maximum atomic E-state index is 13.7. The van der Waals surface area contributed by atoms with Gasteiger partial charge in [-0.25, -0.2) is 13.8 Å². The van der Waals surface area contributed by atoms with Crippen LogP contribution in [0.4, 0.5) is 8.78 Å². The second-order valence-corrected chi connectivity index (χ2v) is 7.06. The molecule has 3 aromatic rings. The highest BCUT2D eigenvalue weighted by molar-refractivity contribution is 7.98. The number of benzene rings is 1. The zero-order valence-corrected chi connectivity index (χ0v) is 15.2. The van der Waals surface area contributed by atoms with Crippen molar-refractivity contribution in [3.05, 3.63) is 81.2 Å². The molecule has 1 atom stereocenters. The summed E-state index contributed by atoms with van der Waals surface area (Å²) in [6, 6.07) is 9.28. The largest absolute Gasteiger partial charge is 0.466 e. The van der Waals surface area contributed by atoms with Gasteiger partial charge in [-0.1, -0.05) is 30.8 Å². The maximum absolute atomic E-state index is 13.7. The highest BCUT2D eigenvalue weighted by atomic mass is 32.2. The lowest BCUT2D eigenvalue weighted by atomic mass is 10.0. The molecule has 136 valence electrons. The van der Waals surface area contributed by atoms with E-state index in [1.54, 1.807) is 0 Å². The van der Waals surface area contributed by atoms with E-state index in [-0.39, 0.29) is 22.8 Å². The Morgan fingerprint density at radius 3 is 2.81 bits per heavy atom. The molecule has 1 aromatic carbocycles. The molecular weight excluding hydrogens is 358 g/mol. The molecule has 0 fully saturated rings. The van der Waals surface area contributed by atoms with Gasteiger partial charge in [0.05, 0.1) is 0 Å². The first kappa shape index (κ1) is 18.4. The summed E-state index contributed by atoms with van der Waals surface area (Å²) in [5, 5.41) is 0.374. The number of nitrogens with zero attached hydrogens (tertiary/aromatic N) is 1. The van der Waals surface area contributed by atoms with Gasteiger partial charge in [-0.15, -0.1) is 0 Å². The third-order valence-corrected chi connectivity index (χ3v) is 4.85. The Kier molecular flexibility index (Phi) is 5.56. The molecular formula is C19H18F2N2O2S. The van der Waals surface area contributed by atoms with Gasteiger partial charge in [-0.2, -0.15) is 0 Å². The molecule has 0 saturated carbocycles. The molecule has 3 rings (SSSR count). The standard InChI is InChI=1S/C19H18F2N2O2S/c1-11(16-7-6-12(2)25-16)8-14-9-17(24)23-19(22-14)26-10-13-4-3-5-15(20)18(13)21/h3-7,9,11H,8,10H2,1-2H3,(H,22,23,24)/t11-/m0/s1. The van der Waals surface area contributed by atoms with Gasteiger partial charge < -0.3 is 9.40 Å². The monoisotopic (exact) mass is 376 g/mol. The average molecular weight is 376 g/mol. The van der Waals surface area contributed by atoms with Crippen LogP contribution in [0.25, 0.3) is 0 Å². The van der Waals surface area contributed by atoms with E-state index in [0.29, 0.717) is 17.3 Å². The lowest BCUT2D eigenvalue weighted by Crippen LogP contribution is -2.12. The van der Waals surface area contributed by atoms with Crippen molar-refractivity contribution in [1.29, 1.82) is 0 Å². The predicted octanol–water partition coefficient (Wildman–Crippen LogP) is 4.59. The van der Waals surface area contributed by atoms with Crippen LogP contribution in [0.5, 0.6) is 0 Å². The summed E-state index contributed by atoms with van der Waals surface area (Å²) in [6.07, 6.45) is 0.540.